The van der Waals surface area contributed by atoms with Gasteiger partial charge in [0, 0.05) is 11.3 Å². The summed E-state index contributed by atoms with van der Waals surface area (Å²) in [6.07, 6.45) is 1.36. The summed E-state index contributed by atoms with van der Waals surface area (Å²) in [6.45, 7) is 0. The Bertz CT molecular complexity index is 705. The first-order valence-corrected chi connectivity index (χ1v) is 7.86. The largest absolute Gasteiger partial charge is 0.433 e. The summed E-state index contributed by atoms with van der Waals surface area (Å²) in [7, 11) is -1.51. The predicted octanol–water partition coefficient (Wildman–Crippen LogP) is 2.73. The lowest BCUT2D eigenvalue weighted by Crippen LogP contribution is -2.14. The van der Waals surface area contributed by atoms with Gasteiger partial charge < -0.3 is 4.74 Å². The smallest absolute Gasteiger partial charge is 0.283 e. The zero-order valence-electron chi connectivity index (χ0n) is 9.42. The lowest BCUT2D eigenvalue weighted by atomic mass is 10.3. The van der Waals surface area contributed by atoms with Crippen LogP contribution < -0.4 is 10.2 Å². The van der Waals surface area contributed by atoms with Gasteiger partial charge in [0.05, 0.1) is 27.6 Å². The van der Waals surface area contributed by atoms with Crippen LogP contribution in [0.2, 0.25) is 10.0 Å². The molecule has 19 heavy (non-hydrogen) atoms. The van der Waals surface area contributed by atoms with Gasteiger partial charge in [0.15, 0.2) is 5.03 Å². The maximum absolute atomic E-state index is 11.9. The summed E-state index contributed by atoms with van der Waals surface area (Å²) in [5.74, 6) is 0.0244. The van der Waals surface area contributed by atoms with E-state index in [0.29, 0.717) is 5.02 Å². The number of hydrogen-bond acceptors (Lipinski definition) is 6. The van der Waals surface area contributed by atoms with Crippen LogP contribution in [0.3, 0.4) is 0 Å². The van der Waals surface area contributed by atoms with Gasteiger partial charge in [-0.1, -0.05) is 23.2 Å². The molecule has 1 atom stereocenters. The molecule has 0 aliphatic carbocycles. The molecule has 1 aromatic carbocycles. The Labute approximate surface area is 124 Å². The van der Waals surface area contributed by atoms with Crippen LogP contribution in [0.4, 0.5) is 0 Å². The summed E-state index contributed by atoms with van der Waals surface area (Å²) in [6, 6.07) is 4.56. The molecule has 0 saturated carbocycles. The van der Waals surface area contributed by atoms with Gasteiger partial charge in [-0.25, -0.2) is 0 Å². The standard InChI is InChI=1S/C10H6Cl2N2O3S2/c1-19(16)10-8(15)9(13-18-14-10)17-7-3-2-5(11)4-6(7)12/h2-4H,1H3. The van der Waals surface area contributed by atoms with Crippen LogP contribution in [0.1, 0.15) is 0 Å². The van der Waals surface area contributed by atoms with Gasteiger partial charge in [-0.3, -0.25) is 9.00 Å². The Kier molecular flexibility index (Phi) is 4.51. The maximum atomic E-state index is 11.9. The number of nitrogens with zero attached hydrogens (tertiary/aromatic N) is 2. The Morgan fingerprint density at radius 1 is 1.32 bits per heavy atom. The van der Waals surface area contributed by atoms with Crippen molar-refractivity contribution in [3.8, 4) is 11.6 Å². The molecule has 1 heterocycles. The Hall–Kier alpha value is -1.02. The number of hydrogen-bond donors (Lipinski definition) is 0. The minimum absolute atomic E-state index is 0.0971. The van der Waals surface area contributed by atoms with E-state index in [9.17, 15) is 9.00 Å². The highest BCUT2D eigenvalue weighted by molar-refractivity contribution is 7.84. The zero-order valence-corrected chi connectivity index (χ0v) is 12.6. The van der Waals surface area contributed by atoms with E-state index in [1.807, 2.05) is 0 Å². The molecule has 0 spiro atoms. The number of aromatic nitrogens is 2. The van der Waals surface area contributed by atoms with Crippen LogP contribution >= 0.6 is 34.9 Å². The highest BCUT2D eigenvalue weighted by Gasteiger charge is 2.15. The van der Waals surface area contributed by atoms with Crippen molar-refractivity contribution in [1.82, 2.24) is 8.75 Å². The molecule has 0 N–H and O–H groups in total. The maximum Gasteiger partial charge on any atom is 0.283 e. The minimum Gasteiger partial charge on any atom is -0.433 e. The fourth-order valence-corrected chi connectivity index (χ4v) is 2.89. The second kappa shape index (κ2) is 5.96. The predicted molar refractivity (Wildman–Crippen MR) is 75.0 cm³/mol. The Morgan fingerprint density at radius 3 is 2.68 bits per heavy atom. The zero-order chi connectivity index (χ0) is 14.0. The van der Waals surface area contributed by atoms with Crippen molar-refractivity contribution in [2.45, 2.75) is 5.03 Å². The number of halogens is 2. The lowest BCUT2D eigenvalue weighted by Gasteiger charge is -2.05. The molecular weight excluding hydrogens is 331 g/mol. The first-order chi connectivity index (χ1) is 8.99. The van der Waals surface area contributed by atoms with E-state index in [-0.39, 0.29) is 21.7 Å². The minimum atomic E-state index is -1.51. The lowest BCUT2D eigenvalue weighted by molar-refractivity contribution is 0.459. The van der Waals surface area contributed by atoms with E-state index in [4.69, 9.17) is 27.9 Å². The van der Waals surface area contributed by atoms with E-state index in [1.165, 1.54) is 18.4 Å². The second-order valence-corrected chi connectivity index (χ2v) is 6.00. The number of ether oxygens (including phenoxy) is 1. The fourth-order valence-electron chi connectivity index (χ4n) is 1.18. The highest BCUT2D eigenvalue weighted by atomic mass is 35.5. The van der Waals surface area contributed by atoms with E-state index < -0.39 is 16.2 Å². The van der Waals surface area contributed by atoms with Crippen molar-refractivity contribution in [2.75, 3.05) is 6.26 Å². The van der Waals surface area contributed by atoms with E-state index in [2.05, 4.69) is 8.75 Å². The van der Waals surface area contributed by atoms with E-state index in [1.54, 1.807) is 6.07 Å². The van der Waals surface area contributed by atoms with Gasteiger partial charge in [-0.05, 0) is 18.2 Å². The van der Waals surface area contributed by atoms with Crippen LogP contribution in [0.5, 0.6) is 11.6 Å². The monoisotopic (exact) mass is 336 g/mol. The topological polar surface area (TPSA) is 69.2 Å². The molecule has 5 nitrogen and oxygen atoms in total. The molecule has 100 valence electrons. The molecule has 0 aliphatic heterocycles. The number of rotatable bonds is 3. The summed E-state index contributed by atoms with van der Waals surface area (Å²) in [4.78, 5) is 11.9. The third-order valence-corrected chi connectivity index (χ3v) is 3.99. The molecule has 2 rings (SSSR count). The van der Waals surface area contributed by atoms with E-state index >= 15 is 0 Å². The average Bonchev–Trinajstić information content (AvgIpc) is 2.34. The highest BCUT2D eigenvalue weighted by Crippen LogP contribution is 2.29. The van der Waals surface area contributed by atoms with Gasteiger partial charge in [0.1, 0.15) is 5.75 Å². The normalized spacial score (nSPS) is 12.2. The van der Waals surface area contributed by atoms with E-state index in [0.717, 1.165) is 11.7 Å². The van der Waals surface area contributed by atoms with Crippen molar-refractivity contribution in [3.05, 3.63) is 38.5 Å². The number of benzene rings is 1. The van der Waals surface area contributed by atoms with Gasteiger partial charge in [0.2, 0.25) is 0 Å². The Morgan fingerprint density at radius 2 is 2.05 bits per heavy atom. The second-order valence-electron chi connectivity index (χ2n) is 3.33. The van der Waals surface area contributed by atoms with Crippen LogP contribution in [0.25, 0.3) is 0 Å². The van der Waals surface area contributed by atoms with Gasteiger partial charge in [0.25, 0.3) is 11.3 Å². The summed E-state index contributed by atoms with van der Waals surface area (Å²) >= 11 is 12.4. The summed E-state index contributed by atoms with van der Waals surface area (Å²) in [5.41, 5.74) is -0.620. The van der Waals surface area contributed by atoms with Crippen molar-refractivity contribution < 1.29 is 8.95 Å². The average molecular weight is 337 g/mol. The van der Waals surface area contributed by atoms with Crippen LogP contribution in [0, 0.1) is 0 Å². The molecular formula is C10H6Cl2N2O3S2. The molecule has 1 aromatic heterocycles. The van der Waals surface area contributed by atoms with Crippen molar-refractivity contribution >= 4 is 45.7 Å². The molecule has 0 bridgehead atoms. The van der Waals surface area contributed by atoms with Crippen LogP contribution in [0.15, 0.2) is 28.0 Å². The van der Waals surface area contributed by atoms with Crippen molar-refractivity contribution in [1.29, 1.82) is 0 Å². The molecule has 0 aliphatic rings. The van der Waals surface area contributed by atoms with Gasteiger partial charge in [-0.2, -0.15) is 4.37 Å². The third-order valence-electron chi connectivity index (χ3n) is 2.01. The molecule has 0 saturated heterocycles. The van der Waals surface area contributed by atoms with Crippen molar-refractivity contribution in [2.24, 2.45) is 0 Å². The molecule has 1 unspecified atom stereocenters. The summed E-state index contributed by atoms with van der Waals surface area (Å²) in [5, 5.41) is 0.593. The first kappa shape index (κ1) is 14.4. The third kappa shape index (κ3) is 3.30. The van der Waals surface area contributed by atoms with Crippen LogP contribution in [-0.4, -0.2) is 19.2 Å². The SMILES string of the molecule is CS(=O)c1nsnc(Oc2ccc(Cl)cc2Cl)c1=O. The Balaban J connectivity index is 2.42. The molecule has 2 aromatic rings. The van der Waals surface area contributed by atoms with Crippen LogP contribution in [-0.2, 0) is 10.8 Å². The van der Waals surface area contributed by atoms with Crippen molar-refractivity contribution in [3.63, 3.8) is 0 Å². The molecule has 0 radical (unpaired) electrons. The quantitative estimate of drug-likeness (QED) is 0.861. The summed E-state index contributed by atoms with van der Waals surface area (Å²) < 4.78 is 24.1. The molecule has 9 heteroatoms. The molecule has 0 fully saturated rings. The fraction of sp³-hybridized carbons (Fsp3) is 0.100. The van der Waals surface area contributed by atoms with Gasteiger partial charge >= 0.3 is 0 Å². The van der Waals surface area contributed by atoms with Gasteiger partial charge in [-0.15, -0.1) is 4.37 Å². The molecule has 0 amide bonds. The first-order valence-electron chi connectivity index (χ1n) is 4.82.